The van der Waals surface area contributed by atoms with E-state index in [0.717, 1.165) is 5.75 Å². The first-order valence-electron chi connectivity index (χ1n) is 6.58. The molecule has 0 saturated heterocycles. The predicted molar refractivity (Wildman–Crippen MR) is 84.7 cm³/mol. The van der Waals surface area contributed by atoms with Crippen LogP contribution in [-0.4, -0.2) is 5.75 Å². The van der Waals surface area contributed by atoms with Gasteiger partial charge in [-0.15, -0.1) is 11.8 Å². The number of thioether (sulfide) groups is 1. The van der Waals surface area contributed by atoms with Crippen LogP contribution >= 0.6 is 11.8 Å². The van der Waals surface area contributed by atoms with E-state index in [4.69, 9.17) is 5.73 Å². The summed E-state index contributed by atoms with van der Waals surface area (Å²) in [5.74, 6) is 0.909. The van der Waals surface area contributed by atoms with E-state index in [2.05, 4.69) is 63.2 Å². The first kappa shape index (κ1) is 14.2. The largest absolute Gasteiger partial charge is 0.323 e. The fraction of sp³-hybridized carbons (Fsp3) is 0.294. The van der Waals surface area contributed by atoms with Crippen LogP contribution in [0.5, 0.6) is 0 Å². The van der Waals surface area contributed by atoms with Gasteiger partial charge in [-0.05, 0) is 49.6 Å². The molecule has 2 rings (SSSR count). The van der Waals surface area contributed by atoms with Crippen molar-refractivity contribution in [3.8, 4) is 0 Å². The van der Waals surface area contributed by atoms with Crippen molar-refractivity contribution < 1.29 is 0 Å². The number of hydrogen-bond donors (Lipinski definition) is 1. The van der Waals surface area contributed by atoms with E-state index < -0.39 is 0 Å². The van der Waals surface area contributed by atoms with Gasteiger partial charge in [0.25, 0.3) is 0 Å². The van der Waals surface area contributed by atoms with Gasteiger partial charge in [0.15, 0.2) is 0 Å². The molecule has 0 fully saturated rings. The lowest BCUT2D eigenvalue weighted by atomic mass is 10.0. The second-order valence-electron chi connectivity index (χ2n) is 5.08. The highest BCUT2D eigenvalue weighted by molar-refractivity contribution is 7.99. The van der Waals surface area contributed by atoms with E-state index in [0.29, 0.717) is 0 Å². The van der Waals surface area contributed by atoms with Crippen molar-refractivity contribution in [3.63, 3.8) is 0 Å². The Labute approximate surface area is 120 Å². The molecule has 0 radical (unpaired) electrons. The zero-order chi connectivity index (χ0) is 13.8. The van der Waals surface area contributed by atoms with Gasteiger partial charge in [-0.1, -0.05) is 35.9 Å². The Hall–Kier alpha value is -1.25. The van der Waals surface area contributed by atoms with Gasteiger partial charge in [0.2, 0.25) is 0 Å². The molecule has 2 aromatic carbocycles. The number of benzene rings is 2. The lowest BCUT2D eigenvalue weighted by Gasteiger charge is -2.13. The number of nitrogens with two attached hydrogens (primary N) is 1. The summed E-state index contributed by atoms with van der Waals surface area (Å²) in [5, 5.41) is 0. The predicted octanol–water partition coefficient (Wildman–Crippen LogP) is 4.40. The van der Waals surface area contributed by atoms with E-state index in [1.165, 1.54) is 27.1 Å². The van der Waals surface area contributed by atoms with Crippen molar-refractivity contribution in [2.45, 2.75) is 31.7 Å². The topological polar surface area (TPSA) is 26.0 Å². The number of rotatable bonds is 4. The van der Waals surface area contributed by atoms with Gasteiger partial charge in [-0.3, -0.25) is 0 Å². The zero-order valence-electron chi connectivity index (χ0n) is 11.8. The van der Waals surface area contributed by atoms with E-state index in [9.17, 15) is 0 Å². The normalized spacial score (nSPS) is 12.4. The van der Waals surface area contributed by atoms with Gasteiger partial charge < -0.3 is 5.73 Å². The molecule has 0 amide bonds. The molecule has 0 aliphatic heterocycles. The third kappa shape index (κ3) is 3.85. The molecule has 0 saturated carbocycles. The smallest absolute Gasteiger partial charge is 0.0390 e. The van der Waals surface area contributed by atoms with Gasteiger partial charge in [0, 0.05) is 16.7 Å². The summed E-state index contributed by atoms with van der Waals surface area (Å²) in [7, 11) is 0. The van der Waals surface area contributed by atoms with Crippen LogP contribution in [0.15, 0.2) is 47.4 Å². The Bertz CT molecular complexity index is 563. The summed E-state index contributed by atoms with van der Waals surface area (Å²) >= 11 is 1.82. The van der Waals surface area contributed by atoms with Crippen LogP contribution in [0.3, 0.4) is 0 Å². The summed E-state index contributed by atoms with van der Waals surface area (Å²) in [6.07, 6.45) is 0. The minimum Gasteiger partial charge on any atom is -0.323 e. The molecule has 2 aromatic rings. The minimum atomic E-state index is 0.0878. The van der Waals surface area contributed by atoms with Crippen LogP contribution in [-0.2, 0) is 0 Å². The maximum atomic E-state index is 6.28. The fourth-order valence-electron chi connectivity index (χ4n) is 1.98. The maximum Gasteiger partial charge on any atom is 0.0390 e. The molecule has 0 bridgehead atoms. The monoisotopic (exact) mass is 271 g/mol. The second kappa shape index (κ2) is 6.27. The lowest BCUT2D eigenvalue weighted by Crippen LogP contribution is -2.13. The number of hydrogen-bond acceptors (Lipinski definition) is 2. The first-order chi connectivity index (χ1) is 9.06. The average Bonchev–Trinajstić information content (AvgIpc) is 2.39. The van der Waals surface area contributed by atoms with E-state index in [-0.39, 0.29) is 6.04 Å². The average molecular weight is 271 g/mol. The Kier molecular flexibility index (Phi) is 4.67. The SMILES string of the molecule is Cc1cccc(SCC(N)c2ccc(C)c(C)c2)c1. The Morgan fingerprint density at radius 3 is 2.47 bits per heavy atom. The molecule has 2 N–H and O–H groups in total. The molecular weight excluding hydrogens is 250 g/mol. The van der Waals surface area contributed by atoms with Gasteiger partial charge >= 0.3 is 0 Å². The molecule has 1 nitrogen and oxygen atoms in total. The number of aryl methyl sites for hydroxylation is 3. The third-order valence-corrected chi connectivity index (χ3v) is 4.49. The van der Waals surface area contributed by atoms with E-state index >= 15 is 0 Å². The molecule has 1 atom stereocenters. The van der Waals surface area contributed by atoms with Crippen LogP contribution < -0.4 is 5.73 Å². The van der Waals surface area contributed by atoms with Crippen LogP contribution in [0.4, 0.5) is 0 Å². The highest BCUT2D eigenvalue weighted by Crippen LogP contribution is 2.25. The Balaban J connectivity index is 2.01. The molecule has 0 aliphatic carbocycles. The molecule has 0 aliphatic rings. The van der Waals surface area contributed by atoms with Crippen molar-refractivity contribution in [1.29, 1.82) is 0 Å². The summed E-state index contributed by atoms with van der Waals surface area (Å²) in [6, 6.07) is 15.2. The standard InChI is InChI=1S/C17H21NS/c1-12-5-4-6-16(9-12)19-11-17(18)15-8-7-13(2)14(3)10-15/h4-10,17H,11,18H2,1-3H3. The van der Waals surface area contributed by atoms with Crippen molar-refractivity contribution in [3.05, 3.63) is 64.7 Å². The lowest BCUT2D eigenvalue weighted by molar-refractivity contribution is 0.829. The zero-order valence-corrected chi connectivity index (χ0v) is 12.6. The molecule has 2 heteroatoms. The molecule has 0 heterocycles. The molecule has 0 aromatic heterocycles. The van der Waals surface area contributed by atoms with E-state index in [1.807, 2.05) is 11.8 Å². The molecule has 100 valence electrons. The minimum absolute atomic E-state index is 0.0878. The summed E-state index contributed by atoms with van der Waals surface area (Å²) < 4.78 is 0. The third-order valence-electron chi connectivity index (χ3n) is 3.38. The van der Waals surface area contributed by atoms with Crippen molar-refractivity contribution in [2.24, 2.45) is 5.73 Å². The van der Waals surface area contributed by atoms with Gasteiger partial charge in [0.05, 0.1) is 0 Å². The molecule has 0 spiro atoms. The van der Waals surface area contributed by atoms with Crippen LogP contribution in [0, 0.1) is 20.8 Å². The van der Waals surface area contributed by atoms with Crippen LogP contribution in [0.1, 0.15) is 28.3 Å². The fourth-order valence-corrected chi connectivity index (χ4v) is 2.99. The quantitative estimate of drug-likeness (QED) is 0.834. The maximum absolute atomic E-state index is 6.28. The Morgan fingerprint density at radius 2 is 1.79 bits per heavy atom. The highest BCUT2D eigenvalue weighted by Gasteiger charge is 2.07. The molecule has 19 heavy (non-hydrogen) atoms. The second-order valence-corrected chi connectivity index (χ2v) is 6.17. The first-order valence-corrected chi connectivity index (χ1v) is 7.57. The summed E-state index contributed by atoms with van der Waals surface area (Å²) in [6.45, 7) is 6.39. The Morgan fingerprint density at radius 1 is 1.00 bits per heavy atom. The summed E-state index contributed by atoms with van der Waals surface area (Å²) in [4.78, 5) is 1.29. The van der Waals surface area contributed by atoms with E-state index in [1.54, 1.807) is 0 Å². The molecule has 1 unspecified atom stereocenters. The van der Waals surface area contributed by atoms with Crippen molar-refractivity contribution in [2.75, 3.05) is 5.75 Å². The van der Waals surface area contributed by atoms with Gasteiger partial charge in [0.1, 0.15) is 0 Å². The molecular formula is C17H21NS. The van der Waals surface area contributed by atoms with Crippen LogP contribution in [0.2, 0.25) is 0 Å². The van der Waals surface area contributed by atoms with Crippen LogP contribution in [0.25, 0.3) is 0 Å². The summed E-state index contributed by atoms with van der Waals surface area (Å²) in [5.41, 5.74) is 11.4. The van der Waals surface area contributed by atoms with Crippen molar-refractivity contribution in [1.82, 2.24) is 0 Å². The van der Waals surface area contributed by atoms with Crippen molar-refractivity contribution >= 4 is 11.8 Å². The van der Waals surface area contributed by atoms with Gasteiger partial charge in [-0.2, -0.15) is 0 Å². The van der Waals surface area contributed by atoms with Gasteiger partial charge in [-0.25, -0.2) is 0 Å². The highest BCUT2D eigenvalue weighted by atomic mass is 32.2.